The second-order valence-electron chi connectivity index (χ2n) is 4.05. The van der Waals surface area contributed by atoms with Crippen molar-refractivity contribution in [2.45, 2.75) is 32.4 Å². The van der Waals surface area contributed by atoms with Crippen LogP contribution in [0.2, 0.25) is 0 Å². The number of carboxylic acid groups (broad SMARTS) is 1. The highest BCUT2D eigenvalue weighted by Crippen LogP contribution is 2.28. The fourth-order valence-corrected chi connectivity index (χ4v) is 1.80. The molecule has 0 aromatic carbocycles. The van der Waals surface area contributed by atoms with Gasteiger partial charge in [0.2, 0.25) is 0 Å². The maximum atomic E-state index is 11.0. The first-order valence-electron chi connectivity index (χ1n) is 6.16. The van der Waals surface area contributed by atoms with Gasteiger partial charge >= 0.3 is 5.97 Å². The van der Waals surface area contributed by atoms with E-state index in [-0.39, 0.29) is 0 Å². The maximum absolute atomic E-state index is 11.0. The Morgan fingerprint density at radius 1 is 1.47 bits per heavy atom. The van der Waals surface area contributed by atoms with Crippen molar-refractivity contribution in [1.29, 1.82) is 0 Å². The SMILES string of the molecule is CCCC(NCc1nccc(OC)c1OC)C(=O)O. The Balaban J connectivity index is 2.79. The summed E-state index contributed by atoms with van der Waals surface area (Å²) in [6.07, 6.45) is 2.97. The van der Waals surface area contributed by atoms with Gasteiger partial charge in [-0.1, -0.05) is 13.3 Å². The summed E-state index contributed by atoms with van der Waals surface area (Å²) in [6.45, 7) is 2.26. The molecule has 0 fully saturated rings. The van der Waals surface area contributed by atoms with Crippen LogP contribution in [0.4, 0.5) is 0 Å². The number of hydrogen-bond donors (Lipinski definition) is 2. The zero-order valence-electron chi connectivity index (χ0n) is 11.5. The lowest BCUT2D eigenvalue weighted by atomic mass is 10.1. The van der Waals surface area contributed by atoms with Crippen molar-refractivity contribution in [1.82, 2.24) is 10.3 Å². The van der Waals surface area contributed by atoms with Gasteiger partial charge in [-0.05, 0) is 6.42 Å². The summed E-state index contributed by atoms with van der Waals surface area (Å²) in [4.78, 5) is 15.2. The van der Waals surface area contributed by atoms with E-state index < -0.39 is 12.0 Å². The predicted molar refractivity (Wildman–Crippen MR) is 70.5 cm³/mol. The standard InChI is InChI=1S/C13H20N2O4/c1-4-5-9(13(16)17)15-8-10-12(19-3)11(18-2)6-7-14-10/h6-7,9,15H,4-5,8H2,1-3H3,(H,16,17). The van der Waals surface area contributed by atoms with Gasteiger partial charge in [-0.2, -0.15) is 0 Å². The van der Waals surface area contributed by atoms with E-state index in [1.54, 1.807) is 19.4 Å². The van der Waals surface area contributed by atoms with E-state index in [2.05, 4.69) is 10.3 Å². The number of carbonyl (C=O) groups is 1. The number of rotatable bonds is 8. The number of hydrogen-bond acceptors (Lipinski definition) is 5. The van der Waals surface area contributed by atoms with E-state index in [1.807, 2.05) is 6.92 Å². The average Bonchev–Trinajstić information content (AvgIpc) is 2.42. The molecule has 1 atom stereocenters. The fourth-order valence-electron chi connectivity index (χ4n) is 1.80. The van der Waals surface area contributed by atoms with Gasteiger partial charge in [-0.3, -0.25) is 15.1 Å². The molecule has 1 aromatic rings. The Morgan fingerprint density at radius 3 is 2.74 bits per heavy atom. The lowest BCUT2D eigenvalue weighted by Crippen LogP contribution is -2.36. The highest BCUT2D eigenvalue weighted by atomic mass is 16.5. The molecule has 0 aliphatic heterocycles. The lowest BCUT2D eigenvalue weighted by molar-refractivity contribution is -0.139. The first-order chi connectivity index (χ1) is 9.13. The number of carboxylic acids is 1. The summed E-state index contributed by atoms with van der Waals surface area (Å²) in [5, 5.41) is 12.0. The average molecular weight is 268 g/mol. The van der Waals surface area contributed by atoms with Crippen molar-refractivity contribution in [3.63, 3.8) is 0 Å². The van der Waals surface area contributed by atoms with E-state index in [0.717, 1.165) is 6.42 Å². The van der Waals surface area contributed by atoms with E-state index in [1.165, 1.54) is 7.11 Å². The molecule has 0 saturated carbocycles. The predicted octanol–water partition coefficient (Wildman–Crippen LogP) is 1.44. The number of nitrogens with zero attached hydrogens (tertiary/aromatic N) is 1. The maximum Gasteiger partial charge on any atom is 0.320 e. The van der Waals surface area contributed by atoms with E-state index in [0.29, 0.717) is 30.2 Å². The van der Waals surface area contributed by atoms with Crippen molar-refractivity contribution in [2.24, 2.45) is 0 Å². The largest absolute Gasteiger partial charge is 0.493 e. The third-order valence-electron chi connectivity index (χ3n) is 2.76. The molecule has 1 unspecified atom stereocenters. The quantitative estimate of drug-likeness (QED) is 0.742. The molecule has 19 heavy (non-hydrogen) atoms. The molecule has 0 aliphatic carbocycles. The van der Waals surface area contributed by atoms with Crippen LogP contribution in [0.15, 0.2) is 12.3 Å². The van der Waals surface area contributed by atoms with Crippen molar-refractivity contribution >= 4 is 5.97 Å². The molecule has 0 aliphatic rings. The number of pyridine rings is 1. The third kappa shape index (κ3) is 4.10. The summed E-state index contributed by atoms with van der Waals surface area (Å²) < 4.78 is 10.4. The molecule has 1 heterocycles. The third-order valence-corrected chi connectivity index (χ3v) is 2.76. The molecule has 106 valence electrons. The summed E-state index contributed by atoms with van der Waals surface area (Å²) >= 11 is 0. The lowest BCUT2D eigenvalue weighted by Gasteiger charge is -2.15. The van der Waals surface area contributed by atoms with Crippen LogP contribution in [0.25, 0.3) is 0 Å². The first-order valence-corrected chi connectivity index (χ1v) is 6.16. The van der Waals surface area contributed by atoms with Crippen LogP contribution in [0.5, 0.6) is 11.5 Å². The zero-order valence-corrected chi connectivity index (χ0v) is 11.5. The Bertz CT molecular complexity index is 423. The fraction of sp³-hybridized carbons (Fsp3) is 0.538. The molecule has 1 aromatic heterocycles. The number of aliphatic carboxylic acids is 1. The Hall–Kier alpha value is -1.82. The second kappa shape index (κ2) is 7.58. The summed E-state index contributed by atoms with van der Waals surface area (Å²) in [6, 6.07) is 1.12. The van der Waals surface area contributed by atoms with Gasteiger partial charge in [0.05, 0.1) is 19.9 Å². The van der Waals surface area contributed by atoms with Crippen LogP contribution in [-0.2, 0) is 11.3 Å². The minimum Gasteiger partial charge on any atom is -0.493 e. The van der Waals surface area contributed by atoms with Gasteiger partial charge in [-0.15, -0.1) is 0 Å². The molecule has 1 rings (SSSR count). The summed E-state index contributed by atoms with van der Waals surface area (Å²) in [5.41, 5.74) is 0.629. The summed E-state index contributed by atoms with van der Waals surface area (Å²) in [7, 11) is 3.08. The number of ether oxygens (including phenoxy) is 2. The van der Waals surface area contributed by atoms with Crippen LogP contribution < -0.4 is 14.8 Å². The van der Waals surface area contributed by atoms with Crippen molar-refractivity contribution in [3.8, 4) is 11.5 Å². The van der Waals surface area contributed by atoms with Crippen LogP contribution in [-0.4, -0.2) is 36.3 Å². The second-order valence-corrected chi connectivity index (χ2v) is 4.05. The van der Waals surface area contributed by atoms with Crippen molar-refractivity contribution < 1.29 is 19.4 Å². The molecule has 0 saturated heterocycles. The normalized spacial score (nSPS) is 11.9. The molecular formula is C13H20N2O4. The number of nitrogens with one attached hydrogen (secondary N) is 1. The van der Waals surface area contributed by atoms with Crippen LogP contribution >= 0.6 is 0 Å². The molecule has 0 amide bonds. The van der Waals surface area contributed by atoms with Gasteiger partial charge in [0.15, 0.2) is 11.5 Å². The number of methoxy groups -OCH3 is 2. The highest BCUT2D eigenvalue weighted by Gasteiger charge is 2.17. The Morgan fingerprint density at radius 2 is 2.21 bits per heavy atom. The van der Waals surface area contributed by atoms with E-state index in [9.17, 15) is 4.79 Å². The molecular weight excluding hydrogens is 248 g/mol. The Kier molecular flexibility index (Phi) is 6.08. The Labute approximate surface area is 112 Å². The van der Waals surface area contributed by atoms with Crippen molar-refractivity contribution in [3.05, 3.63) is 18.0 Å². The van der Waals surface area contributed by atoms with Gasteiger partial charge < -0.3 is 14.6 Å². The van der Waals surface area contributed by atoms with Crippen LogP contribution in [0, 0.1) is 0 Å². The number of aromatic nitrogens is 1. The van der Waals surface area contributed by atoms with Gasteiger partial charge in [0, 0.05) is 18.8 Å². The molecule has 0 spiro atoms. The van der Waals surface area contributed by atoms with Crippen LogP contribution in [0.3, 0.4) is 0 Å². The topological polar surface area (TPSA) is 80.7 Å². The van der Waals surface area contributed by atoms with Crippen molar-refractivity contribution in [2.75, 3.05) is 14.2 Å². The molecule has 6 heteroatoms. The highest BCUT2D eigenvalue weighted by molar-refractivity contribution is 5.73. The summed E-state index contributed by atoms with van der Waals surface area (Å²) in [5.74, 6) is 0.249. The molecule has 0 bridgehead atoms. The van der Waals surface area contributed by atoms with E-state index >= 15 is 0 Å². The smallest absolute Gasteiger partial charge is 0.320 e. The molecule has 2 N–H and O–H groups in total. The van der Waals surface area contributed by atoms with Crippen LogP contribution in [0.1, 0.15) is 25.5 Å². The minimum absolute atomic E-state index is 0.317. The first kappa shape index (κ1) is 15.2. The molecule has 6 nitrogen and oxygen atoms in total. The minimum atomic E-state index is -0.858. The zero-order chi connectivity index (χ0) is 14.3. The van der Waals surface area contributed by atoms with E-state index in [4.69, 9.17) is 14.6 Å². The molecule has 0 radical (unpaired) electrons. The van der Waals surface area contributed by atoms with Gasteiger partial charge in [0.25, 0.3) is 0 Å². The van der Waals surface area contributed by atoms with Gasteiger partial charge in [0.1, 0.15) is 6.04 Å². The van der Waals surface area contributed by atoms with Gasteiger partial charge in [-0.25, -0.2) is 0 Å². The monoisotopic (exact) mass is 268 g/mol.